The van der Waals surface area contributed by atoms with Gasteiger partial charge in [-0.15, -0.1) is 0 Å². The van der Waals surface area contributed by atoms with Crippen molar-refractivity contribution in [1.82, 2.24) is 14.3 Å². The minimum absolute atomic E-state index is 0.161. The summed E-state index contributed by atoms with van der Waals surface area (Å²) in [4.78, 5) is 21.8. The second-order valence-electron chi connectivity index (χ2n) is 7.41. The van der Waals surface area contributed by atoms with Crippen LogP contribution >= 0.6 is 11.3 Å². The minimum Gasteiger partial charge on any atom is -0.497 e. The topological polar surface area (TPSA) is 46.8 Å². The normalized spacial score (nSPS) is 15.1. The van der Waals surface area contributed by atoms with Crippen molar-refractivity contribution in [2.24, 2.45) is 0 Å². The Hall–Kier alpha value is -2.34. The monoisotopic (exact) mass is 397 g/mol. The van der Waals surface area contributed by atoms with Crippen LogP contribution in [0.15, 0.2) is 30.5 Å². The van der Waals surface area contributed by atoms with Crippen LogP contribution in [0.1, 0.15) is 54.4 Å². The van der Waals surface area contributed by atoms with Crippen molar-refractivity contribution >= 4 is 22.2 Å². The molecule has 4 rings (SSSR count). The van der Waals surface area contributed by atoms with Gasteiger partial charge in [-0.05, 0) is 51.0 Å². The van der Waals surface area contributed by atoms with Crippen LogP contribution in [0.5, 0.6) is 5.75 Å². The van der Waals surface area contributed by atoms with E-state index in [0.717, 1.165) is 51.9 Å². The molecule has 6 heteroatoms. The number of amides is 1. The number of fused-ring (bicyclic) bond motifs is 1. The second kappa shape index (κ2) is 7.95. The first-order chi connectivity index (χ1) is 13.6. The van der Waals surface area contributed by atoms with E-state index in [0.29, 0.717) is 6.04 Å². The molecule has 0 unspecified atom stereocenters. The highest BCUT2D eigenvalue weighted by Crippen LogP contribution is 2.31. The van der Waals surface area contributed by atoms with E-state index in [-0.39, 0.29) is 5.91 Å². The lowest BCUT2D eigenvalue weighted by molar-refractivity contribution is 0.0652. The third kappa shape index (κ3) is 3.41. The average Bonchev–Trinajstić information content (AvgIpc) is 3.29. The molecule has 3 aromatic rings. The SMILES string of the molecule is CCN(C(=O)c1sc2nc(-c3ccc(OC)cc3)cn2c1C)C1CCCCC1. The van der Waals surface area contributed by atoms with Crippen LogP contribution in [0.25, 0.3) is 16.2 Å². The highest BCUT2D eigenvalue weighted by atomic mass is 32.1. The van der Waals surface area contributed by atoms with Crippen LogP contribution in [-0.2, 0) is 0 Å². The summed E-state index contributed by atoms with van der Waals surface area (Å²) in [6.45, 7) is 4.87. The summed E-state index contributed by atoms with van der Waals surface area (Å²) in [6.07, 6.45) is 8.03. The molecule has 148 valence electrons. The van der Waals surface area contributed by atoms with Crippen LogP contribution < -0.4 is 4.74 Å². The van der Waals surface area contributed by atoms with Gasteiger partial charge in [-0.3, -0.25) is 9.20 Å². The number of nitrogens with zero attached hydrogens (tertiary/aromatic N) is 3. The van der Waals surface area contributed by atoms with E-state index in [1.165, 1.54) is 30.6 Å². The lowest BCUT2D eigenvalue weighted by Crippen LogP contribution is -2.41. The highest BCUT2D eigenvalue weighted by Gasteiger charge is 2.28. The smallest absolute Gasteiger partial charge is 0.266 e. The van der Waals surface area contributed by atoms with Gasteiger partial charge in [0.05, 0.1) is 12.8 Å². The van der Waals surface area contributed by atoms with E-state index < -0.39 is 0 Å². The molecule has 0 atom stereocenters. The fraction of sp³-hybridized carbons (Fsp3) is 0.455. The first-order valence-corrected chi connectivity index (χ1v) is 10.9. The third-order valence-corrected chi connectivity index (χ3v) is 6.90. The number of thiazole rings is 1. The molecule has 0 N–H and O–H groups in total. The molecule has 0 radical (unpaired) electrons. The molecule has 0 saturated heterocycles. The van der Waals surface area contributed by atoms with Gasteiger partial charge in [-0.2, -0.15) is 0 Å². The van der Waals surface area contributed by atoms with Gasteiger partial charge in [0.15, 0.2) is 4.96 Å². The Labute approximate surface area is 170 Å². The third-order valence-electron chi connectivity index (χ3n) is 5.75. The van der Waals surface area contributed by atoms with Gasteiger partial charge < -0.3 is 9.64 Å². The van der Waals surface area contributed by atoms with Gasteiger partial charge in [0.25, 0.3) is 5.91 Å². The Balaban J connectivity index is 1.62. The fourth-order valence-electron chi connectivity index (χ4n) is 4.14. The van der Waals surface area contributed by atoms with Crippen molar-refractivity contribution in [1.29, 1.82) is 0 Å². The standard InChI is InChI=1S/C22H27N3O2S/c1-4-24(17-8-6-5-7-9-17)21(26)20-15(2)25-14-19(23-22(25)28-20)16-10-12-18(27-3)13-11-16/h10-14,17H,4-9H2,1-3H3. The number of benzene rings is 1. The fourth-order valence-corrected chi connectivity index (χ4v) is 5.21. The molecule has 2 heterocycles. The number of rotatable bonds is 5. The van der Waals surface area contributed by atoms with Crippen LogP contribution in [0.3, 0.4) is 0 Å². The van der Waals surface area contributed by atoms with Gasteiger partial charge >= 0.3 is 0 Å². The maximum atomic E-state index is 13.3. The van der Waals surface area contributed by atoms with Gasteiger partial charge in [-0.25, -0.2) is 4.98 Å². The Morgan fingerprint density at radius 2 is 1.96 bits per heavy atom. The average molecular weight is 398 g/mol. The van der Waals surface area contributed by atoms with E-state index in [1.807, 2.05) is 41.8 Å². The molecular weight excluding hydrogens is 370 g/mol. The molecule has 0 spiro atoms. The quantitative estimate of drug-likeness (QED) is 0.596. The van der Waals surface area contributed by atoms with Crippen LogP contribution in [0, 0.1) is 6.92 Å². The molecule has 1 aliphatic rings. The molecular formula is C22H27N3O2S. The van der Waals surface area contributed by atoms with Crippen LogP contribution in [-0.4, -0.2) is 39.9 Å². The zero-order chi connectivity index (χ0) is 19.7. The zero-order valence-electron chi connectivity index (χ0n) is 16.8. The number of carbonyl (C=O) groups excluding carboxylic acids is 1. The second-order valence-corrected chi connectivity index (χ2v) is 8.38. The van der Waals surface area contributed by atoms with Crippen LogP contribution in [0.4, 0.5) is 0 Å². The summed E-state index contributed by atoms with van der Waals surface area (Å²) in [7, 11) is 1.66. The minimum atomic E-state index is 0.161. The van der Waals surface area contributed by atoms with Crippen molar-refractivity contribution in [2.75, 3.05) is 13.7 Å². The number of methoxy groups -OCH3 is 1. The van der Waals surface area contributed by atoms with E-state index in [1.54, 1.807) is 7.11 Å². The number of aryl methyl sites for hydroxylation is 1. The van der Waals surface area contributed by atoms with E-state index in [4.69, 9.17) is 9.72 Å². The van der Waals surface area contributed by atoms with Gasteiger partial charge in [0.2, 0.25) is 0 Å². The van der Waals surface area contributed by atoms with Crippen molar-refractivity contribution < 1.29 is 9.53 Å². The van der Waals surface area contributed by atoms with Crippen LogP contribution in [0.2, 0.25) is 0 Å². The summed E-state index contributed by atoms with van der Waals surface area (Å²) in [5.41, 5.74) is 2.93. The molecule has 1 aromatic carbocycles. The Morgan fingerprint density at radius 3 is 2.57 bits per heavy atom. The number of carbonyl (C=O) groups is 1. The number of ether oxygens (including phenoxy) is 1. The lowest BCUT2D eigenvalue weighted by atomic mass is 9.94. The molecule has 1 amide bonds. The predicted molar refractivity (Wildman–Crippen MR) is 113 cm³/mol. The summed E-state index contributed by atoms with van der Waals surface area (Å²) < 4.78 is 7.28. The number of imidazole rings is 1. The molecule has 28 heavy (non-hydrogen) atoms. The largest absolute Gasteiger partial charge is 0.497 e. The molecule has 0 bridgehead atoms. The zero-order valence-corrected chi connectivity index (χ0v) is 17.6. The predicted octanol–water partition coefficient (Wildman–Crippen LogP) is 5.17. The van der Waals surface area contributed by atoms with Crippen molar-refractivity contribution in [3.8, 4) is 17.0 Å². The molecule has 2 aromatic heterocycles. The van der Waals surface area contributed by atoms with Crippen molar-refractivity contribution in [3.05, 3.63) is 41.0 Å². The number of hydrogen-bond acceptors (Lipinski definition) is 4. The maximum absolute atomic E-state index is 13.3. The maximum Gasteiger partial charge on any atom is 0.266 e. The summed E-state index contributed by atoms with van der Waals surface area (Å²) >= 11 is 1.50. The summed E-state index contributed by atoms with van der Waals surface area (Å²) in [5, 5.41) is 0. The first kappa shape index (κ1) is 19.0. The summed E-state index contributed by atoms with van der Waals surface area (Å²) in [5.74, 6) is 0.990. The molecule has 5 nitrogen and oxygen atoms in total. The Kier molecular flexibility index (Phi) is 5.40. The number of hydrogen-bond donors (Lipinski definition) is 0. The molecule has 1 aliphatic carbocycles. The Bertz CT molecular complexity index is 968. The molecule has 1 fully saturated rings. The van der Waals surface area contributed by atoms with E-state index in [9.17, 15) is 4.79 Å². The van der Waals surface area contributed by atoms with E-state index in [2.05, 4.69) is 11.8 Å². The molecule has 1 saturated carbocycles. The van der Waals surface area contributed by atoms with Crippen molar-refractivity contribution in [3.63, 3.8) is 0 Å². The number of aromatic nitrogens is 2. The summed E-state index contributed by atoms with van der Waals surface area (Å²) in [6, 6.07) is 8.28. The highest BCUT2D eigenvalue weighted by molar-refractivity contribution is 7.19. The van der Waals surface area contributed by atoms with E-state index >= 15 is 0 Å². The van der Waals surface area contributed by atoms with Crippen molar-refractivity contribution in [2.45, 2.75) is 52.0 Å². The lowest BCUT2D eigenvalue weighted by Gasteiger charge is -2.33. The van der Waals surface area contributed by atoms with Gasteiger partial charge in [-0.1, -0.05) is 30.6 Å². The first-order valence-electron chi connectivity index (χ1n) is 10.1. The molecule has 0 aliphatic heterocycles. The van der Waals surface area contributed by atoms with Gasteiger partial charge in [0, 0.05) is 30.0 Å². The Morgan fingerprint density at radius 1 is 1.25 bits per heavy atom. The van der Waals surface area contributed by atoms with Gasteiger partial charge in [0.1, 0.15) is 10.6 Å².